The molecule has 7 heteroatoms. The lowest BCUT2D eigenvalue weighted by Crippen LogP contribution is -2.32. The highest BCUT2D eigenvalue weighted by Gasteiger charge is 2.22. The van der Waals surface area contributed by atoms with Crippen LogP contribution in [0.4, 0.5) is 5.69 Å². The fraction of sp³-hybridized carbons (Fsp3) is 0.200. The van der Waals surface area contributed by atoms with Gasteiger partial charge in [-0.1, -0.05) is 36.4 Å². The van der Waals surface area contributed by atoms with E-state index in [2.05, 4.69) is 33.1 Å². The molecule has 0 aliphatic heterocycles. The molecular weight excluding hydrogens is 438 g/mol. The fourth-order valence-electron chi connectivity index (χ4n) is 3.42. The van der Waals surface area contributed by atoms with Crippen LogP contribution in [0.2, 0.25) is 0 Å². The average Bonchev–Trinajstić information content (AvgIpc) is 3.44. The molecule has 2 heterocycles. The Kier molecular flexibility index (Phi) is 6.99. The van der Waals surface area contributed by atoms with Gasteiger partial charge < -0.3 is 10.1 Å². The third kappa shape index (κ3) is 5.24. The van der Waals surface area contributed by atoms with Crippen molar-refractivity contribution in [1.29, 1.82) is 0 Å². The normalized spacial score (nSPS) is 11.8. The third-order valence-electron chi connectivity index (χ3n) is 5.02. The number of amides is 1. The lowest BCUT2D eigenvalue weighted by atomic mass is 10.1. The highest BCUT2D eigenvalue weighted by molar-refractivity contribution is 7.16. The van der Waals surface area contributed by atoms with Gasteiger partial charge in [-0.2, -0.15) is 0 Å². The van der Waals surface area contributed by atoms with Crippen molar-refractivity contribution < 1.29 is 9.53 Å². The first-order valence-electron chi connectivity index (χ1n) is 10.3. The smallest absolute Gasteiger partial charge is 0.246 e. The second-order valence-electron chi connectivity index (χ2n) is 7.44. The molecule has 164 valence electrons. The van der Waals surface area contributed by atoms with Crippen molar-refractivity contribution in [1.82, 2.24) is 10.3 Å². The molecule has 32 heavy (non-hydrogen) atoms. The molecule has 4 aromatic rings. The average molecular weight is 464 g/mol. The SMILES string of the molecule is COc1ccc(C)cc1NC(=O)[C@H](NCc1ccc(-c2csc(C)n2)s1)c1ccccc1. The fourth-order valence-corrected chi connectivity index (χ4v) is 5.03. The zero-order chi connectivity index (χ0) is 22.5. The van der Waals surface area contributed by atoms with Crippen LogP contribution in [0, 0.1) is 13.8 Å². The minimum absolute atomic E-state index is 0.132. The van der Waals surface area contributed by atoms with Crippen LogP contribution in [0.25, 0.3) is 10.6 Å². The Labute approximate surface area is 196 Å². The Balaban J connectivity index is 1.52. The first-order chi connectivity index (χ1) is 15.5. The van der Waals surface area contributed by atoms with E-state index < -0.39 is 6.04 Å². The molecule has 2 aromatic carbocycles. The molecule has 2 N–H and O–H groups in total. The van der Waals surface area contributed by atoms with Crippen molar-refractivity contribution in [3.8, 4) is 16.3 Å². The monoisotopic (exact) mass is 463 g/mol. The van der Waals surface area contributed by atoms with Crippen LogP contribution in [-0.2, 0) is 11.3 Å². The van der Waals surface area contributed by atoms with E-state index in [0.717, 1.165) is 31.6 Å². The molecule has 1 amide bonds. The van der Waals surface area contributed by atoms with Crippen LogP contribution >= 0.6 is 22.7 Å². The number of aromatic nitrogens is 1. The van der Waals surface area contributed by atoms with Gasteiger partial charge in [0.05, 0.1) is 28.4 Å². The zero-order valence-corrected chi connectivity index (χ0v) is 19.8. The number of nitrogens with zero attached hydrogens (tertiary/aromatic N) is 1. The van der Waals surface area contributed by atoms with Crippen molar-refractivity contribution in [3.05, 3.63) is 87.1 Å². The van der Waals surface area contributed by atoms with Gasteiger partial charge in [0.25, 0.3) is 0 Å². The summed E-state index contributed by atoms with van der Waals surface area (Å²) in [6, 6.07) is 19.2. The van der Waals surface area contributed by atoms with Crippen molar-refractivity contribution in [3.63, 3.8) is 0 Å². The van der Waals surface area contributed by atoms with Gasteiger partial charge >= 0.3 is 0 Å². The van der Waals surface area contributed by atoms with Gasteiger partial charge in [0, 0.05) is 16.8 Å². The lowest BCUT2D eigenvalue weighted by molar-refractivity contribution is -0.118. The molecule has 0 saturated heterocycles. The summed E-state index contributed by atoms with van der Waals surface area (Å²) < 4.78 is 5.42. The molecule has 0 bridgehead atoms. The quantitative estimate of drug-likeness (QED) is 0.338. The lowest BCUT2D eigenvalue weighted by Gasteiger charge is -2.20. The van der Waals surface area contributed by atoms with Crippen LogP contribution < -0.4 is 15.4 Å². The predicted octanol–water partition coefficient (Wildman–Crippen LogP) is 5.97. The highest BCUT2D eigenvalue weighted by Crippen LogP contribution is 2.30. The van der Waals surface area contributed by atoms with E-state index in [1.165, 1.54) is 0 Å². The predicted molar refractivity (Wildman–Crippen MR) is 133 cm³/mol. The molecule has 0 radical (unpaired) electrons. The summed E-state index contributed by atoms with van der Waals surface area (Å²) in [5, 5.41) is 9.61. The molecular formula is C25H25N3O2S2. The molecule has 0 spiro atoms. The topological polar surface area (TPSA) is 63.2 Å². The summed E-state index contributed by atoms with van der Waals surface area (Å²) in [6.07, 6.45) is 0. The number of hydrogen-bond acceptors (Lipinski definition) is 6. The summed E-state index contributed by atoms with van der Waals surface area (Å²) in [7, 11) is 1.60. The van der Waals surface area contributed by atoms with E-state index in [9.17, 15) is 4.79 Å². The number of carbonyl (C=O) groups is 1. The number of nitrogens with one attached hydrogen (secondary N) is 2. The van der Waals surface area contributed by atoms with Gasteiger partial charge in [-0.15, -0.1) is 22.7 Å². The maximum atomic E-state index is 13.3. The van der Waals surface area contributed by atoms with Crippen LogP contribution in [-0.4, -0.2) is 18.0 Å². The molecule has 0 fully saturated rings. The number of rotatable bonds is 8. The molecule has 1 atom stereocenters. The number of ether oxygens (including phenoxy) is 1. The largest absolute Gasteiger partial charge is 0.495 e. The van der Waals surface area contributed by atoms with Gasteiger partial charge in [-0.05, 0) is 49.2 Å². The standard InChI is InChI=1S/C25H25N3O2S2/c1-16-9-11-22(30-3)20(13-16)28-25(29)24(18-7-5-4-6-8-18)26-14-19-10-12-23(32-19)21-15-31-17(2)27-21/h4-13,15,24,26H,14H2,1-3H3,(H,28,29)/t24-/m1/s1. The van der Waals surface area contributed by atoms with E-state index in [4.69, 9.17) is 4.74 Å². The Morgan fingerprint density at radius 3 is 2.62 bits per heavy atom. The van der Waals surface area contributed by atoms with Crippen molar-refractivity contribution in [2.24, 2.45) is 0 Å². The van der Waals surface area contributed by atoms with Crippen LogP contribution in [0.1, 0.15) is 27.1 Å². The highest BCUT2D eigenvalue weighted by atomic mass is 32.1. The zero-order valence-electron chi connectivity index (χ0n) is 18.2. The first kappa shape index (κ1) is 22.2. The summed E-state index contributed by atoms with van der Waals surface area (Å²) in [6.45, 7) is 4.57. The Hall–Kier alpha value is -3.00. The van der Waals surface area contributed by atoms with Gasteiger partial charge in [0.15, 0.2) is 0 Å². The number of aryl methyl sites for hydroxylation is 2. The van der Waals surface area contributed by atoms with Gasteiger partial charge in [-0.25, -0.2) is 4.98 Å². The number of methoxy groups -OCH3 is 1. The summed E-state index contributed by atoms with van der Waals surface area (Å²) in [5.74, 6) is 0.504. The number of benzene rings is 2. The van der Waals surface area contributed by atoms with Crippen molar-refractivity contribution >= 4 is 34.3 Å². The molecule has 5 nitrogen and oxygen atoms in total. The van der Waals surface area contributed by atoms with Crippen LogP contribution in [0.15, 0.2) is 66.0 Å². The summed E-state index contributed by atoms with van der Waals surface area (Å²) >= 11 is 3.34. The number of anilines is 1. The van der Waals surface area contributed by atoms with Crippen LogP contribution in [0.5, 0.6) is 5.75 Å². The second kappa shape index (κ2) is 10.1. The van der Waals surface area contributed by atoms with Gasteiger partial charge in [-0.3, -0.25) is 10.1 Å². The summed E-state index contributed by atoms with van der Waals surface area (Å²) in [5.41, 5.74) is 3.63. The minimum Gasteiger partial charge on any atom is -0.495 e. The van der Waals surface area contributed by atoms with E-state index in [0.29, 0.717) is 18.0 Å². The Morgan fingerprint density at radius 1 is 1.09 bits per heavy atom. The van der Waals surface area contributed by atoms with E-state index in [1.54, 1.807) is 29.8 Å². The number of carbonyl (C=O) groups excluding carboxylic acids is 1. The molecule has 0 aliphatic carbocycles. The Morgan fingerprint density at radius 2 is 1.91 bits per heavy atom. The second-order valence-corrected chi connectivity index (χ2v) is 9.67. The maximum Gasteiger partial charge on any atom is 0.246 e. The van der Waals surface area contributed by atoms with Crippen LogP contribution in [0.3, 0.4) is 0 Å². The molecule has 0 aliphatic rings. The van der Waals surface area contributed by atoms with Gasteiger partial charge in [0.2, 0.25) is 5.91 Å². The minimum atomic E-state index is -0.506. The number of thiophene rings is 1. The molecule has 2 aromatic heterocycles. The van der Waals surface area contributed by atoms with E-state index >= 15 is 0 Å². The maximum absolute atomic E-state index is 13.3. The van der Waals surface area contributed by atoms with Crippen molar-refractivity contribution in [2.75, 3.05) is 12.4 Å². The summed E-state index contributed by atoms with van der Waals surface area (Å²) in [4.78, 5) is 20.2. The number of hydrogen-bond donors (Lipinski definition) is 2. The third-order valence-corrected chi connectivity index (χ3v) is 6.90. The van der Waals surface area contributed by atoms with Gasteiger partial charge in [0.1, 0.15) is 11.8 Å². The first-order valence-corrected chi connectivity index (χ1v) is 12.0. The Bertz CT molecular complexity index is 1200. The number of thiazole rings is 1. The molecule has 0 unspecified atom stereocenters. The van der Waals surface area contributed by atoms with E-state index in [1.807, 2.05) is 62.4 Å². The van der Waals surface area contributed by atoms with Crippen molar-refractivity contribution in [2.45, 2.75) is 26.4 Å². The van der Waals surface area contributed by atoms with E-state index in [-0.39, 0.29) is 5.91 Å². The molecule has 4 rings (SSSR count). The molecule has 0 saturated carbocycles.